The number of aromatic nitrogens is 2. The third-order valence-corrected chi connectivity index (χ3v) is 4.77. The summed E-state index contributed by atoms with van der Waals surface area (Å²) < 4.78 is 7.23. The van der Waals surface area contributed by atoms with Gasteiger partial charge in [-0.3, -0.25) is 0 Å². The average molecular weight is 416 g/mol. The van der Waals surface area contributed by atoms with E-state index in [1.807, 2.05) is 18.2 Å². The average Bonchev–Trinajstić information content (AvgIpc) is 3.12. The number of likely N-dealkylation sites (tertiary alicyclic amines) is 1. The van der Waals surface area contributed by atoms with Gasteiger partial charge in [-0.1, -0.05) is 21.1 Å². The van der Waals surface area contributed by atoms with Crippen molar-refractivity contribution >= 4 is 31.9 Å². The van der Waals surface area contributed by atoms with Crippen LogP contribution in [0.25, 0.3) is 11.5 Å². The van der Waals surface area contributed by atoms with Gasteiger partial charge >= 0.3 is 0 Å². The third-order valence-electron chi connectivity index (χ3n) is 3.59. The highest BCUT2D eigenvalue weighted by atomic mass is 79.9. The van der Waals surface area contributed by atoms with Crippen molar-refractivity contribution in [2.75, 3.05) is 19.6 Å². The SMILES string of the molecule is NC(CN1CCCC1)c1noc(-c2cc(Br)ccc2Br)n1. The largest absolute Gasteiger partial charge is 0.334 e. The van der Waals surface area contributed by atoms with Crippen molar-refractivity contribution in [1.82, 2.24) is 15.0 Å². The molecule has 1 unspecified atom stereocenters. The van der Waals surface area contributed by atoms with Gasteiger partial charge < -0.3 is 15.2 Å². The van der Waals surface area contributed by atoms with Crippen LogP contribution in [0.1, 0.15) is 24.7 Å². The second-order valence-corrected chi connectivity index (χ2v) is 6.97. The predicted molar refractivity (Wildman–Crippen MR) is 87.7 cm³/mol. The molecule has 0 radical (unpaired) electrons. The Kier molecular flexibility index (Phi) is 4.73. The molecule has 0 amide bonds. The molecule has 21 heavy (non-hydrogen) atoms. The molecule has 2 heterocycles. The highest BCUT2D eigenvalue weighted by Crippen LogP contribution is 2.30. The van der Waals surface area contributed by atoms with E-state index in [1.54, 1.807) is 0 Å². The van der Waals surface area contributed by atoms with E-state index in [0.717, 1.165) is 34.1 Å². The van der Waals surface area contributed by atoms with Crippen molar-refractivity contribution in [3.8, 4) is 11.5 Å². The summed E-state index contributed by atoms with van der Waals surface area (Å²) in [5.41, 5.74) is 7.04. The van der Waals surface area contributed by atoms with Crippen molar-refractivity contribution in [3.63, 3.8) is 0 Å². The van der Waals surface area contributed by atoms with Gasteiger partial charge in [0, 0.05) is 15.5 Å². The summed E-state index contributed by atoms with van der Waals surface area (Å²) in [6.07, 6.45) is 2.49. The van der Waals surface area contributed by atoms with Gasteiger partial charge in [0.1, 0.15) is 0 Å². The Morgan fingerprint density at radius 1 is 1.29 bits per heavy atom. The van der Waals surface area contributed by atoms with Crippen LogP contribution in [0.2, 0.25) is 0 Å². The van der Waals surface area contributed by atoms with Crippen molar-refractivity contribution < 1.29 is 4.52 Å². The molecule has 0 bridgehead atoms. The molecule has 1 aromatic heterocycles. The molecule has 1 fully saturated rings. The lowest BCUT2D eigenvalue weighted by Gasteiger charge is -2.17. The molecule has 5 nitrogen and oxygen atoms in total. The molecule has 1 saturated heterocycles. The lowest BCUT2D eigenvalue weighted by Crippen LogP contribution is -2.30. The van der Waals surface area contributed by atoms with Gasteiger partial charge in [-0.25, -0.2) is 0 Å². The number of nitrogens with two attached hydrogens (primary N) is 1. The Balaban J connectivity index is 1.77. The minimum absolute atomic E-state index is 0.216. The molecule has 2 aromatic rings. The molecule has 0 saturated carbocycles. The lowest BCUT2D eigenvalue weighted by atomic mass is 10.2. The molecule has 112 valence electrons. The Hall–Kier alpha value is -0.760. The Bertz CT molecular complexity index is 625. The Morgan fingerprint density at radius 3 is 2.81 bits per heavy atom. The fraction of sp³-hybridized carbons (Fsp3) is 0.429. The fourth-order valence-corrected chi connectivity index (χ4v) is 3.26. The Morgan fingerprint density at radius 2 is 2.05 bits per heavy atom. The van der Waals surface area contributed by atoms with Crippen LogP contribution in [0.15, 0.2) is 31.7 Å². The summed E-state index contributed by atoms with van der Waals surface area (Å²) in [6.45, 7) is 2.99. The fourth-order valence-electron chi connectivity index (χ4n) is 2.48. The van der Waals surface area contributed by atoms with Gasteiger partial charge in [0.25, 0.3) is 5.89 Å². The zero-order valence-electron chi connectivity index (χ0n) is 11.4. The minimum atomic E-state index is -0.216. The maximum absolute atomic E-state index is 6.19. The smallest absolute Gasteiger partial charge is 0.259 e. The molecule has 0 aliphatic carbocycles. The molecule has 1 aromatic carbocycles. The maximum Gasteiger partial charge on any atom is 0.259 e. The standard InChI is InChI=1S/C14H16Br2N4O/c15-9-3-4-11(16)10(7-9)14-18-13(19-21-14)12(17)8-20-5-1-2-6-20/h3-4,7,12H,1-2,5-6,8,17H2. The summed E-state index contributed by atoms with van der Waals surface area (Å²) in [6, 6.07) is 5.61. The van der Waals surface area contributed by atoms with Crippen LogP contribution in [-0.2, 0) is 0 Å². The van der Waals surface area contributed by atoms with E-state index in [0.29, 0.717) is 11.7 Å². The number of hydrogen-bond donors (Lipinski definition) is 1. The van der Waals surface area contributed by atoms with Crippen LogP contribution in [0.4, 0.5) is 0 Å². The van der Waals surface area contributed by atoms with Crippen LogP contribution in [0.3, 0.4) is 0 Å². The molecule has 1 atom stereocenters. The third kappa shape index (κ3) is 3.53. The topological polar surface area (TPSA) is 68.2 Å². The summed E-state index contributed by atoms with van der Waals surface area (Å²) >= 11 is 6.94. The van der Waals surface area contributed by atoms with Crippen molar-refractivity contribution in [3.05, 3.63) is 33.0 Å². The zero-order valence-corrected chi connectivity index (χ0v) is 14.6. The van der Waals surface area contributed by atoms with Crippen LogP contribution in [0.5, 0.6) is 0 Å². The maximum atomic E-state index is 6.19. The quantitative estimate of drug-likeness (QED) is 0.829. The summed E-state index contributed by atoms with van der Waals surface area (Å²) in [4.78, 5) is 6.79. The first-order valence-corrected chi connectivity index (χ1v) is 8.49. The number of benzene rings is 1. The molecule has 3 rings (SSSR count). The van der Waals surface area contributed by atoms with Crippen molar-refractivity contribution in [1.29, 1.82) is 0 Å². The molecule has 1 aliphatic rings. The van der Waals surface area contributed by atoms with E-state index < -0.39 is 0 Å². The normalized spacial score (nSPS) is 17.3. The highest BCUT2D eigenvalue weighted by Gasteiger charge is 2.21. The van der Waals surface area contributed by atoms with E-state index in [9.17, 15) is 0 Å². The van der Waals surface area contributed by atoms with Gasteiger partial charge in [0.2, 0.25) is 0 Å². The summed E-state index contributed by atoms with van der Waals surface area (Å²) in [5, 5.41) is 4.03. The molecule has 0 spiro atoms. The first-order valence-electron chi connectivity index (χ1n) is 6.90. The molecule has 7 heteroatoms. The van der Waals surface area contributed by atoms with Crippen LogP contribution >= 0.6 is 31.9 Å². The minimum Gasteiger partial charge on any atom is -0.334 e. The lowest BCUT2D eigenvalue weighted by molar-refractivity contribution is 0.306. The highest BCUT2D eigenvalue weighted by molar-refractivity contribution is 9.11. The molecular formula is C14H16Br2N4O. The van der Waals surface area contributed by atoms with E-state index in [4.69, 9.17) is 10.3 Å². The van der Waals surface area contributed by atoms with E-state index >= 15 is 0 Å². The van der Waals surface area contributed by atoms with Crippen molar-refractivity contribution in [2.45, 2.75) is 18.9 Å². The van der Waals surface area contributed by atoms with Gasteiger partial charge in [0.15, 0.2) is 5.82 Å². The molecular weight excluding hydrogens is 400 g/mol. The number of nitrogens with zero attached hydrogens (tertiary/aromatic N) is 3. The van der Waals surface area contributed by atoms with Crippen LogP contribution < -0.4 is 5.73 Å². The van der Waals surface area contributed by atoms with Crippen LogP contribution in [0, 0.1) is 0 Å². The first-order chi connectivity index (χ1) is 10.1. The predicted octanol–water partition coefficient (Wildman–Crippen LogP) is 3.36. The van der Waals surface area contributed by atoms with E-state index in [2.05, 4.69) is 46.9 Å². The van der Waals surface area contributed by atoms with E-state index in [-0.39, 0.29) is 6.04 Å². The second kappa shape index (κ2) is 6.56. The second-order valence-electron chi connectivity index (χ2n) is 5.20. The van der Waals surface area contributed by atoms with Crippen molar-refractivity contribution in [2.24, 2.45) is 5.73 Å². The monoisotopic (exact) mass is 414 g/mol. The Labute approximate surface area is 140 Å². The van der Waals surface area contributed by atoms with E-state index in [1.165, 1.54) is 12.8 Å². The number of halogens is 2. The van der Waals surface area contributed by atoms with Gasteiger partial charge in [-0.2, -0.15) is 4.98 Å². The summed E-state index contributed by atoms with van der Waals surface area (Å²) in [5.74, 6) is 1.04. The molecule has 1 aliphatic heterocycles. The van der Waals surface area contributed by atoms with Crippen LogP contribution in [-0.4, -0.2) is 34.7 Å². The summed E-state index contributed by atoms with van der Waals surface area (Å²) in [7, 11) is 0. The van der Waals surface area contributed by atoms with Gasteiger partial charge in [0.05, 0.1) is 11.6 Å². The van der Waals surface area contributed by atoms with Gasteiger partial charge in [-0.15, -0.1) is 0 Å². The zero-order chi connectivity index (χ0) is 14.8. The molecule has 2 N–H and O–H groups in total. The number of rotatable bonds is 4. The van der Waals surface area contributed by atoms with Gasteiger partial charge in [-0.05, 0) is 60.1 Å². The first kappa shape index (κ1) is 15.1. The number of hydrogen-bond acceptors (Lipinski definition) is 5.